The van der Waals surface area contributed by atoms with Crippen LogP contribution in [-0.4, -0.2) is 11.6 Å². The van der Waals surface area contributed by atoms with Gasteiger partial charge in [0.2, 0.25) is 0 Å². The number of allylic oxidation sites excluding steroid dienone is 4. The minimum absolute atomic E-state index is 0.212. The molecule has 2 heteroatoms. The summed E-state index contributed by atoms with van der Waals surface area (Å²) < 4.78 is 0. The summed E-state index contributed by atoms with van der Waals surface area (Å²) in [4.78, 5) is 24.5. The summed E-state index contributed by atoms with van der Waals surface area (Å²) in [6.07, 6.45) is 7.60. The van der Waals surface area contributed by atoms with Crippen LogP contribution in [0.25, 0.3) is 0 Å². The van der Waals surface area contributed by atoms with Crippen LogP contribution < -0.4 is 0 Å². The van der Waals surface area contributed by atoms with Crippen molar-refractivity contribution >= 4 is 11.6 Å². The van der Waals surface area contributed by atoms with E-state index in [0.29, 0.717) is 0 Å². The van der Waals surface area contributed by atoms with Gasteiger partial charge in [-0.2, -0.15) is 0 Å². The van der Waals surface area contributed by atoms with Gasteiger partial charge in [0.1, 0.15) is 0 Å². The van der Waals surface area contributed by atoms with Crippen LogP contribution in [0.15, 0.2) is 22.3 Å². The number of Topliss-reactive ketones (excluding diaryl/α,β-unsaturated/α-hetero) is 2. The molecule has 0 aromatic rings. The third kappa shape index (κ3) is 1.32. The molecule has 2 nitrogen and oxygen atoms in total. The zero-order chi connectivity index (χ0) is 11.1. The largest absolute Gasteiger partial charge is 0.289 e. The van der Waals surface area contributed by atoms with Gasteiger partial charge in [0.15, 0.2) is 11.6 Å². The molecule has 0 aromatic heterocycles. The Morgan fingerprint density at radius 2 is 0.750 bits per heavy atom. The van der Waals surface area contributed by atoms with E-state index >= 15 is 0 Å². The molecular weight excluding hydrogens is 200 g/mol. The summed E-state index contributed by atoms with van der Waals surface area (Å²) in [6.45, 7) is 0. The van der Waals surface area contributed by atoms with Gasteiger partial charge in [-0.3, -0.25) is 9.59 Å². The fraction of sp³-hybridized carbons (Fsp3) is 0.571. The van der Waals surface area contributed by atoms with Crippen molar-refractivity contribution in [2.24, 2.45) is 0 Å². The molecule has 0 spiro atoms. The molecule has 84 valence electrons. The summed E-state index contributed by atoms with van der Waals surface area (Å²) >= 11 is 0. The molecule has 0 radical (unpaired) electrons. The first-order valence-corrected chi connectivity index (χ1v) is 6.32. The van der Waals surface area contributed by atoms with Crippen molar-refractivity contribution in [3.05, 3.63) is 22.3 Å². The molecule has 3 aliphatic rings. The molecule has 3 aliphatic carbocycles. The van der Waals surface area contributed by atoms with Gasteiger partial charge in [-0.1, -0.05) is 0 Å². The van der Waals surface area contributed by atoms with Gasteiger partial charge in [0, 0.05) is 22.3 Å². The molecule has 0 aromatic carbocycles. The lowest BCUT2D eigenvalue weighted by Crippen LogP contribution is -2.27. The van der Waals surface area contributed by atoms with Crippen molar-refractivity contribution in [1.82, 2.24) is 0 Å². The maximum Gasteiger partial charge on any atom is 0.185 e. The molecule has 3 rings (SSSR count). The molecule has 0 bridgehead atoms. The first kappa shape index (κ1) is 10.0. The topological polar surface area (TPSA) is 34.1 Å². The van der Waals surface area contributed by atoms with Gasteiger partial charge in [0.25, 0.3) is 0 Å². The van der Waals surface area contributed by atoms with E-state index in [0.717, 1.165) is 73.7 Å². The normalized spacial score (nSPS) is 25.8. The Morgan fingerprint density at radius 1 is 0.500 bits per heavy atom. The highest BCUT2D eigenvalue weighted by Gasteiger charge is 2.35. The first-order chi connectivity index (χ1) is 7.79. The highest BCUT2D eigenvalue weighted by Crippen LogP contribution is 2.39. The molecular formula is C14H16O2. The van der Waals surface area contributed by atoms with Crippen molar-refractivity contribution in [3.8, 4) is 0 Å². The van der Waals surface area contributed by atoms with E-state index in [-0.39, 0.29) is 11.6 Å². The van der Waals surface area contributed by atoms with Gasteiger partial charge >= 0.3 is 0 Å². The Morgan fingerprint density at radius 3 is 1.00 bits per heavy atom. The Hall–Kier alpha value is -1.18. The van der Waals surface area contributed by atoms with Crippen molar-refractivity contribution < 1.29 is 9.59 Å². The highest BCUT2D eigenvalue weighted by molar-refractivity contribution is 6.25. The molecule has 0 atom stereocenters. The van der Waals surface area contributed by atoms with Crippen LogP contribution >= 0.6 is 0 Å². The van der Waals surface area contributed by atoms with Crippen LogP contribution in [0, 0.1) is 0 Å². The fourth-order valence-corrected chi connectivity index (χ4v) is 3.18. The molecule has 0 saturated heterocycles. The third-order valence-electron chi connectivity index (χ3n) is 4.03. The summed E-state index contributed by atoms with van der Waals surface area (Å²) in [7, 11) is 0. The van der Waals surface area contributed by atoms with Gasteiger partial charge in [0.05, 0.1) is 0 Å². The third-order valence-corrected chi connectivity index (χ3v) is 4.03. The zero-order valence-electron chi connectivity index (χ0n) is 9.47. The monoisotopic (exact) mass is 216 g/mol. The molecule has 0 amide bonds. The van der Waals surface area contributed by atoms with Crippen LogP contribution in [0.4, 0.5) is 0 Å². The maximum absolute atomic E-state index is 12.3. The summed E-state index contributed by atoms with van der Waals surface area (Å²) in [6, 6.07) is 0. The Labute approximate surface area is 95.4 Å². The predicted molar refractivity (Wildman–Crippen MR) is 61.0 cm³/mol. The number of hydrogen-bond acceptors (Lipinski definition) is 2. The number of ketones is 2. The molecule has 0 aliphatic heterocycles. The number of rotatable bonds is 0. The van der Waals surface area contributed by atoms with Gasteiger partial charge in [-0.25, -0.2) is 0 Å². The highest BCUT2D eigenvalue weighted by atomic mass is 16.1. The zero-order valence-corrected chi connectivity index (χ0v) is 9.47. The number of hydrogen-bond donors (Lipinski definition) is 0. The molecule has 0 N–H and O–H groups in total. The first-order valence-electron chi connectivity index (χ1n) is 6.32. The fourth-order valence-electron chi connectivity index (χ4n) is 3.18. The maximum atomic E-state index is 12.3. The summed E-state index contributed by atoms with van der Waals surface area (Å²) in [5.74, 6) is 0.424. The van der Waals surface area contributed by atoms with Gasteiger partial charge in [-0.15, -0.1) is 0 Å². The summed E-state index contributed by atoms with van der Waals surface area (Å²) in [5.41, 5.74) is 3.43. The summed E-state index contributed by atoms with van der Waals surface area (Å²) in [5, 5.41) is 0. The predicted octanol–water partition coefficient (Wildman–Crippen LogP) is 2.88. The standard InChI is InChI=1S/C14H16O2/c15-13-9-5-1-2-6-10(9)14(16)12-8-4-3-7-11(12)13/h1-8H2. The smallest absolute Gasteiger partial charge is 0.185 e. The lowest BCUT2D eigenvalue weighted by atomic mass is 9.73. The van der Waals surface area contributed by atoms with Crippen LogP contribution in [0.1, 0.15) is 51.4 Å². The number of carbonyl (C=O) groups excluding carboxylic acids is 2. The average Bonchev–Trinajstić information content (AvgIpc) is 2.36. The second-order valence-electron chi connectivity index (χ2n) is 4.99. The second kappa shape index (κ2) is 3.69. The quantitative estimate of drug-likeness (QED) is 0.583. The van der Waals surface area contributed by atoms with E-state index in [2.05, 4.69) is 0 Å². The molecule has 0 heterocycles. The van der Waals surface area contributed by atoms with Crippen molar-refractivity contribution in [3.63, 3.8) is 0 Å². The Bertz CT molecular complexity index is 360. The second-order valence-corrected chi connectivity index (χ2v) is 4.99. The van der Waals surface area contributed by atoms with Crippen LogP contribution in [-0.2, 0) is 9.59 Å². The Balaban J connectivity index is 2.08. The van der Waals surface area contributed by atoms with Crippen molar-refractivity contribution in [2.75, 3.05) is 0 Å². The van der Waals surface area contributed by atoms with Gasteiger partial charge in [-0.05, 0) is 51.4 Å². The van der Waals surface area contributed by atoms with Crippen molar-refractivity contribution in [1.29, 1.82) is 0 Å². The van der Waals surface area contributed by atoms with Gasteiger partial charge < -0.3 is 0 Å². The van der Waals surface area contributed by atoms with E-state index in [1.165, 1.54) is 0 Å². The minimum Gasteiger partial charge on any atom is -0.289 e. The van der Waals surface area contributed by atoms with Crippen LogP contribution in [0.2, 0.25) is 0 Å². The van der Waals surface area contributed by atoms with E-state index in [1.54, 1.807) is 0 Å². The average molecular weight is 216 g/mol. The molecule has 0 fully saturated rings. The van der Waals surface area contributed by atoms with Crippen LogP contribution in [0.5, 0.6) is 0 Å². The van der Waals surface area contributed by atoms with Crippen molar-refractivity contribution in [2.45, 2.75) is 51.4 Å². The van der Waals surface area contributed by atoms with Crippen LogP contribution in [0.3, 0.4) is 0 Å². The lowest BCUT2D eigenvalue weighted by molar-refractivity contribution is -0.117. The minimum atomic E-state index is 0.212. The lowest BCUT2D eigenvalue weighted by Gasteiger charge is -2.29. The SMILES string of the molecule is O=C1C2=C(CCCC2)C(=O)C2=C1CCCC2. The van der Waals surface area contributed by atoms with E-state index < -0.39 is 0 Å². The molecule has 0 saturated carbocycles. The molecule has 0 unspecified atom stereocenters. The van der Waals surface area contributed by atoms with E-state index in [9.17, 15) is 9.59 Å². The number of carbonyl (C=O) groups is 2. The van der Waals surface area contributed by atoms with E-state index in [1.807, 2.05) is 0 Å². The van der Waals surface area contributed by atoms with E-state index in [4.69, 9.17) is 0 Å². The molecule has 16 heavy (non-hydrogen) atoms. The Kier molecular flexibility index (Phi) is 2.31.